The molecule has 1 saturated carbocycles. The van der Waals surface area contributed by atoms with E-state index in [-0.39, 0.29) is 5.56 Å². The van der Waals surface area contributed by atoms with Crippen molar-refractivity contribution in [1.29, 1.82) is 0 Å². The van der Waals surface area contributed by atoms with Gasteiger partial charge in [-0.2, -0.15) is 0 Å². The summed E-state index contributed by atoms with van der Waals surface area (Å²) in [5, 5.41) is 0. The molecule has 0 aromatic carbocycles. The molecule has 1 fully saturated rings. The van der Waals surface area contributed by atoms with E-state index in [1.54, 1.807) is 0 Å². The van der Waals surface area contributed by atoms with Crippen molar-refractivity contribution in [3.8, 4) is 0 Å². The number of fused-ring (bicyclic) bond motifs is 1. The predicted molar refractivity (Wildman–Crippen MR) is 68.5 cm³/mol. The Labute approximate surface area is 101 Å². The largest absolute Gasteiger partial charge is 0.315 e. The Bertz CT molecular complexity index is 588. The van der Waals surface area contributed by atoms with Crippen molar-refractivity contribution in [1.82, 2.24) is 8.97 Å². The highest BCUT2D eigenvalue weighted by molar-refractivity contribution is 5.46. The van der Waals surface area contributed by atoms with Crippen molar-refractivity contribution in [2.24, 2.45) is 0 Å². The molecule has 0 amide bonds. The zero-order valence-electron chi connectivity index (χ0n) is 10.2. The molecule has 0 N–H and O–H groups in total. The Kier molecular flexibility index (Phi) is 2.54. The summed E-state index contributed by atoms with van der Waals surface area (Å²) in [7, 11) is 0. The van der Waals surface area contributed by atoms with Gasteiger partial charge in [-0.1, -0.05) is 19.3 Å². The molecule has 2 aromatic rings. The van der Waals surface area contributed by atoms with E-state index in [1.807, 2.05) is 33.5 Å². The van der Waals surface area contributed by atoms with Gasteiger partial charge in [0.25, 0.3) is 5.56 Å². The summed E-state index contributed by atoms with van der Waals surface area (Å²) in [5.41, 5.74) is 2.10. The maximum absolute atomic E-state index is 12.4. The van der Waals surface area contributed by atoms with Crippen LogP contribution in [0.5, 0.6) is 0 Å². The van der Waals surface area contributed by atoms with Crippen LogP contribution in [0.2, 0.25) is 0 Å². The standard InChI is InChI=1S/C14H18N2O/c1-11-10-16(12-6-3-2-4-7-12)14(17)13-8-5-9-15(11)13/h5,8-10,12H,2-4,6-7H2,1H3. The van der Waals surface area contributed by atoms with Crippen molar-refractivity contribution in [3.05, 3.63) is 40.6 Å². The summed E-state index contributed by atoms with van der Waals surface area (Å²) in [4.78, 5) is 12.4. The molecule has 0 aliphatic heterocycles. The quantitative estimate of drug-likeness (QED) is 0.739. The third kappa shape index (κ3) is 1.70. The number of rotatable bonds is 1. The molecule has 3 heteroatoms. The van der Waals surface area contributed by atoms with Crippen molar-refractivity contribution in [3.63, 3.8) is 0 Å². The van der Waals surface area contributed by atoms with Gasteiger partial charge in [-0.3, -0.25) is 4.79 Å². The Morgan fingerprint density at radius 1 is 1.24 bits per heavy atom. The topological polar surface area (TPSA) is 26.4 Å². The first-order chi connectivity index (χ1) is 8.27. The van der Waals surface area contributed by atoms with E-state index in [0.717, 1.165) is 24.1 Å². The minimum absolute atomic E-state index is 0.160. The SMILES string of the molecule is Cc1cn(C2CCCCC2)c(=O)c2cccn12. The maximum Gasteiger partial charge on any atom is 0.275 e. The maximum atomic E-state index is 12.4. The molecular formula is C14H18N2O. The van der Waals surface area contributed by atoms with E-state index in [4.69, 9.17) is 0 Å². The summed E-state index contributed by atoms with van der Waals surface area (Å²) in [6.07, 6.45) is 10.1. The summed E-state index contributed by atoms with van der Waals surface area (Å²) >= 11 is 0. The second-order valence-corrected chi connectivity index (χ2v) is 5.04. The molecule has 3 nitrogen and oxygen atoms in total. The van der Waals surface area contributed by atoms with Gasteiger partial charge in [0, 0.05) is 24.1 Å². The lowest BCUT2D eigenvalue weighted by atomic mass is 9.95. The van der Waals surface area contributed by atoms with E-state index in [0.29, 0.717) is 6.04 Å². The van der Waals surface area contributed by atoms with Gasteiger partial charge in [0.15, 0.2) is 0 Å². The molecule has 17 heavy (non-hydrogen) atoms. The Hall–Kier alpha value is -1.51. The summed E-state index contributed by atoms with van der Waals surface area (Å²) in [6.45, 7) is 2.06. The summed E-state index contributed by atoms with van der Waals surface area (Å²) in [5.74, 6) is 0. The lowest BCUT2D eigenvalue weighted by Crippen LogP contribution is -2.27. The van der Waals surface area contributed by atoms with Crippen LogP contribution in [-0.2, 0) is 0 Å². The Balaban J connectivity index is 2.15. The number of hydrogen-bond acceptors (Lipinski definition) is 1. The van der Waals surface area contributed by atoms with Gasteiger partial charge >= 0.3 is 0 Å². The van der Waals surface area contributed by atoms with Gasteiger partial charge in [-0.05, 0) is 31.9 Å². The summed E-state index contributed by atoms with van der Waals surface area (Å²) < 4.78 is 3.94. The molecule has 0 atom stereocenters. The molecule has 0 bridgehead atoms. The van der Waals surface area contributed by atoms with Crippen LogP contribution >= 0.6 is 0 Å². The molecule has 3 rings (SSSR count). The van der Waals surface area contributed by atoms with Crippen molar-refractivity contribution in [2.75, 3.05) is 0 Å². The highest BCUT2D eigenvalue weighted by atomic mass is 16.1. The monoisotopic (exact) mass is 230 g/mol. The van der Waals surface area contributed by atoms with Crippen LogP contribution < -0.4 is 5.56 Å². The molecule has 1 aliphatic carbocycles. The Morgan fingerprint density at radius 3 is 2.76 bits per heavy atom. The second-order valence-electron chi connectivity index (χ2n) is 5.04. The lowest BCUT2D eigenvalue weighted by Gasteiger charge is -2.24. The number of aryl methyl sites for hydroxylation is 1. The average molecular weight is 230 g/mol. The third-order valence-electron chi connectivity index (χ3n) is 3.88. The van der Waals surface area contributed by atoms with Crippen LogP contribution in [0.1, 0.15) is 43.8 Å². The van der Waals surface area contributed by atoms with Gasteiger partial charge < -0.3 is 8.97 Å². The first-order valence-corrected chi connectivity index (χ1v) is 6.46. The highest BCUT2D eigenvalue weighted by Gasteiger charge is 2.17. The molecule has 0 saturated heterocycles. The average Bonchev–Trinajstić information content (AvgIpc) is 2.85. The zero-order chi connectivity index (χ0) is 11.8. The number of hydrogen-bond donors (Lipinski definition) is 0. The first kappa shape index (κ1) is 10.6. The van der Waals surface area contributed by atoms with Gasteiger partial charge in [0.1, 0.15) is 5.52 Å². The lowest BCUT2D eigenvalue weighted by molar-refractivity contribution is 0.345. The molecule has 2 aromatic heterocycles. The van der Waals surface area contributed by atoms with E-state index < -0.39 is 0 Å². The van der Waals surface area contributed by atoms with E-state index >= 15 is 0 Å². The van der Waals surface area contributed by atoms with Gasteiger partial charge in [-0.15, -0.1) is 0 Å². The molecule has 0 radical (unpaired) electrons. The number of aromatic nitrogens is 2. The van der Waals surface area contributed by atoms with Crippen LogP contribution in [0.25, 0.3) is 5.52 Å². The van der Waals surface area contributed by atoms with Crippen molar-refractivity contribution >= 4 is 5.52 Å². The first-order valence-electron chi connectivity index (χ1n) is 6.46. The van der Waals surface area contributed by atoms with E-state index in [1.165, 1.54) is 19.3 Å². The normalized spacial score (nSPS) is 17.7. The highest BCUT2D eigenvalue weighted by Crippen LogP contribution is 2.27. The van der Waals surface area contributed by atoms with Crippen molar-refractivity contribution < 1.29 is 0 Å². The fourth-order valence-electron chi connectivity index (χ4n) is 2.95. The summed E-state index contributed by atoms with van der Waals surface area (Å²) in [6, 6.07) is 4.26. The molecule has 90 valence electrons. The van der Waals surface area contributed by atoms with Gasteiger partial charge in [0.05, 0.1) is 0 Å². The molecule has 1 aliphatic rings. The minimum Gasteiger partial charge on any atom is -0.315 e. The van der Waals surface area contributed by atoms with Gasteiger partial charge in [0.2, 0.25) is 0 Å². The van der Waals surface area contributed by atoms with Gasteiger partial charge in [-0.25, -0.2) is 0 Å². The fraction of sp³-hybridized carbons (Fsp3) is 0.500. The molecule has 2 heterocycles. The van der Waals surface area contributed by atoms with Crippen LogP contribution in [-0.4, -0.2) is 8.97 Å². The number of nitrogens with zero attached hydrogens (tertiary/aromatic N) is 2. The van der Waals surface area contributed by atoms with Crippen LogP contribution in [0, 0.1) is 6.92 Å². The van der Waals surface area contributed by atoms with Crippen LogP contribution in [0.3, 0.4) is 0 Å². The smallest absolute Gasteiger partial charge is 0.275 e. The fourth-order valence-corrected chi connectivity index (χ4v) is 2.95. The second kappa shape index (κ2) is 4.06. The van der Waals surface area contributed by atoms with E-state index in [2.05, 4.69) is 6.92 Å². The molecule has 0 unspecified atom stereocenters. The predicted octanol–water partition coefficient (Wildman–Crippen LogP) is 2.91. The molecular weight excluding hydrogens is 212 g/mol. The third-order valence-corrected chi connectivity index (χ3v) is 3.88. The van der Waals surface area contributed by atoms with Crippen molar-refractivity contribution in [2.45, 2.75) is 45.1 Å². The zero-order valence-corrected chi connectivity index (χ0v) is 10.2. The Morgan fingerprint density at radius 2 is 2.00 bits per heavy atom. The van der Waals surface area contributed by atoms with E-state index in [9.17, 15) is 4.79 Å². The minimum atomic E-state index is 0.160. The molecule has 0 spiro atoms. The van der Waals surface area contributed by atoms with Crippen LogP contribution in [0.4, 0.5) is 0 Å². The van der Waals surface area contributed by atoms with Crippen LogP contribution in [0.15, 0.2) is 29.3 Å².